The Morgan fingerprint density at radius 1 is 1.27 bits per heavy atom. The van der Waals surface area contributed by atoms with Crippen molar-refractivity contribution < 1.29 is 9.53 Å². The molecule has 0 saturated carbocycles. The summed E-state index contributed by atoms with van der Waals surface area (Å²) in [5.41, 5.74) is 9.75. The lowest BCUT2D eigenvalue weighted by Crippen LogP contribution is -2.05. The van der Waals surface area contributed by atoms with Crippen LogP contribution in [-0.4, -0.2) is 22.5 Å². The van der Waals surface area contributed by atoms with Crippen LogP contribution in [0.15, 0.2) is 30.3 Å². The summed E-state index contributed by atoms with van der Waals surface area (Å²) in [5.74, 6) is -0.327. The van der Waals surface area contributed by atoms with Gasteiger partial charge in [0.2, 0.25) is 0 Å². The molecule has 0 aliphatic carbocycles. The molecule has 2 N–H and O–H groups in total. The third-order valence-electron chi connectivity index (χ3n) is 3.30. The van der Waals surface area contributed by atoms with Crippen LogP contribution in [-0.2, 0) is 4.74 Å². The van der Waals surface area contributed by atoms with Crippen molar-refractivity contribution in [3.05, 3.63) is 41.5 Å². The highest BCUT2D eigenvalue weighted by molar-refractivity contribution is 7.21. The first-order chi connectivity index (χ1) is 10.6. The van der Waals surface area contributed by atoms with Gasteiger partial charge in [-0.25, -0.2) is 14.8 Å². The van der Waals surface area contributed by atoms with Crippen molar-refractivity contribution in [1.82, 2.24) is 9.97 Å². The molecule has 0 aliphatic heterocycles. The van der Waals surface area contributed by atoms with Crippen LogP contribution >= 0.6 is 11.3 Å². The summed E-state index contributed by atoms with van der Waals surface area (Å²) in [5, 5.41) is 0.497. The van der Waals surface area contributed by atoms with Crippen molar-refractivity contribution in [3.63, 3.8) is 0 Å². The predicted octanol–water partition coefficient (Wildman–Crippen LogP) is 3.43. The molecule has 1 aromatic carbocycles. The summed E-state index contributed by atoms with van der Waals surface area (Å²) in [6.45, 7) is 4.13. The Hall–Kier alpha value is -2.47. The molecule has 0 atom stereocenters. The van der Waals surface area contributed by atoms with E-state index in [-0.39, 0.29) is 5.97 Å². The fourth-order valence-corrected chi connectivity index (χ4v) is 2.93. The highest BCUT2D eigenvalue weighted by Gasteiger charge is 2.12. The van der Waals surface area contributed by atoms with E-state index in [1.807, 2.05) is 31.2 Å². The third-order valence-corrected chi connectivity index (χ3v) is 4.09. The Balaban J connectivity index is 2.08. The summed E-state index contributed by atoms with van der Waals surface area (Å²) < 4.78 is 5.05. The summed E-state index contributed by atoms with van der Waals surface area (Å²) in [6, 6.07) is 9.25. The van der Waals surface area contributed by atoms with E-state index in [4.69, 9.17) is 10.5 Å². The van der Waals surface area contributed by atoms with E-state index < -0.39 is 0 Å². The Kier molecular flexibility index (Phi) is 3.77. The molecule has 0 radical (unpaired) electrons. The molecule has 5 nitrogen and oxygen atoms in total. The Labute approximate surface area is 131 Å². The van der Waals surface area contributed by atoms with Crippen molar-refractivity contribution in [2.45, 2.75) is 13.8 Å². The number of fused-ring (bicyclic) bond motifs is 1. The first-order valence-corrected chi connectivity index (χ1v) is 7.71. The lowest BCUT2D eigenvalue weighted by atomic mass is 10.0. The van der Waals surface area contributed by atoms with Gasteiger partial charge in [0, 0.05) is 5.56 Å². The van der Waals surface area contributed by atoms with Crippen molar-refractivity contribution in [2.24, 2.45) is 0 Å². The molecule has 0 amide bonds. The topological polar surface area (TPSA) is 78.1 Å². The maximum atomic E-state index is 11.9. The van der Waals surface area contributed by atoms with Gasteiger partial charge in [-0.3, -0.25) is 0 Å². The predicted molar refractivity (Wildman–Crippen MR) is 88.0 cm³/mol. The van der Waals surface area contributed by atoms with Crippen LogP contribution in [0.2, 0.25) is 0 Å². The van der Waals surface area contributed by atoms with Crippen molar-refractivity contribution >= 4 is 32.8 Å². The number of nitrogen functional groups attached to an aromatic ring is 1. The quantitative estimate of drug-likeness (QED) is 0.750. The summed E-state index contributed by atoms with van der Waals surface area (Å²) >= 11 is 1.35. The first kappa shape index (κ1) is 14.5. The number of aryl methyl sites for hydroxylation is 1. The molecule has 0 spiro atoms. The molecule has 2 heterocycles. The van der Waals surface area contributed by atoms with Gasteiger partial charge in [0.15, 0.2) is 5.13 Å². The number of carbonyl (C=O) groups excluding carboxylic acids is 1. The molecule has 112 valence electrons. The molecule has 3 aromatic rings. The fraction of sp³-hybridized carbons (Fsp3) is 0.188. The zero-order valence-corrected chi connectivity index (χ0v) is 13.1. The zero-order valence-electron chi connectivity index (χ0n) is 12.3. The van der Waals surface area contributed by atoms with Gasteiger partial charge in [0.05, 0.1) is 17.9 Å². The van der Waals surface area contributed by atoms with Gasteiger partial charge in [-0.05, 0) is 43.7 Å². The molecular weight excluding hydrogens is 298 g/mol. The average Bonchev–Trinajstić information content (AvgIpc) is 2.87. The largest absolute Gasteiger partial charge is 0.462 e. The van der Waals surface area contributed by atoms with Gasteiger partial charge in [-0.2, -0.15) is 0 Å². The summed E-state index contributed by atoms with van der Waals surface area (Å²) in [6.07, 6.45) is 0. The van der Waals surface area contributed by atoms with Crippen LogP contribution in [0.4, 0.5) is 5.13 Å². The number of ether oxygens (including phenoxy) is 1. The van der Waals surface area contributed by atoms with Crippen LogP contribution in [0, 0.1) is 6.92 Å². The molecule has 0 saturated heterocycles. The molecule has 2 aromatic heterocycles. The van der Waals surface area contributed by atoms with E-state index in [0.29, 0.717) is 17.3 Å². The van der Waals surface area contributed by atoms with E-state index in [2.05, 4.69) is 9.97 Å². The average molecular weight is 313 g/mol. The van der Waals surface area contributed by atoms with Crippen LogP contribution in [0.5, 0.6) is 0 Å². The number of pyridine rings is 1. The number of nitrogens with zero attached hydrogens (tertiary/aromatic N) is 2. The van der Waals surface area contributed by atoms with Gasteiger partial charge in [0.1, 0.15) is 10.3 Å². The Morgan fingerprint density at radius 3 is 2.86 bits per heavy atom. The van der Waals surface area contributed by atoms with Crippen molar-refractivity contribution in [1.29, 1.82) is 0 Å². The van der Waals surface area contributed by atoms with Crippen molar-refractivity contribution in [2.75, 3.05) is 12.3 Å². The Morgan fingerprint density at radius 2 is 2.09 bits per heavy atom. The number of benzene rings is 1. The number of carbonyl (C=O) groups is 1. The molecule has 0 bridgehead atoms. The fourth-order valence-electron chi connectivity index (χ4n) is 2.22. The lowest BCUT2D eigenvalue weighted by Gasteiger charge is -2.08. The smallest absolute Gasteiger partial charge is 0.338 e. The molecule has 3 rings (SSSR count). The molecular formula is C16H15N3O2S. The minimum absolute atomic E-state index is 0.327. The minimum Gasteiger partial charge on any atom is -0.462 e. The van der Waals surface area contributed by atoms with E-state index in [9.17, 15) is 4.79 Å². The van der Waals surface area contributed by atoms with Gasteiger partial charge in [-0.15, -0.1) is 0 Å². The molecule has 0 fully saturated rings. The SMILES string of the molecule is CCOC(=O)c1ccc(C)c(-c2ccc3nc(N)sc3n2)c1. The van der Waals surface area contributed by atoms with E-state index >= 15 is 0 Å². The monoisotopic (exact) mass is 313 g/mol. The van der Waals surface area contributed by atoms with Crippen LogP contribution in [0.1, 0.15) is 22.8 Å². The normalized spacial score (nSPS) is 10.8. The Bertz CT molecular complexity index is 858. The molecule has 0 aliphatic rings. The number of anilines is 1. The van der Waals surface area contributed by atoms with Gasteiger partial charge in [-0.1, -0.05) is 17.4 Å². The second kappa shape index (κ2) is 5.73. The number of aromatic nitrogens is 2. The van der Waals surface area contributed by atoms with Crippen LogP contribution in [0.3, 0.4) is 0 Å². The molecule has 6 heteroatoms. The second-order valence-electron chi connectivity index (χ2n) is 4.82. The van der Waals surface area contributed by atoms with E-state index in [0.717, 1.165) is 27.2 Å². The lowest BCUT2D eigenvalue weighted by molar-refractivity contribution is 0.0526. The maximum absolute atomic E-state index is 11.9. The number of esters is 1. The highest BCUT2D eigenvalue weighted by atomic mass is 32.1. The van der Waals surface area contributed by atoms with Crippen LogP contribution < -0.4 is 5.73 Å². The molecule has 22 heavy (non-hydrogen) atoms. The number of hydrogen-bond acceptors (Lipinski definition) is 6. The van der Waals surface area contributed by atoms with E-state index in [1.54, 1.807) is 13.0 Å². The third kappa shape index (κ3) is 2.65. The first-order valence-electron chi connectivity index (χ1n) is 6.89. The van der Waals surface area contributed by atoms with E-state index in [1.165, 1.54) is 11.3 Å². The van der Waals surface area contributed by atoms with Crippen LogP contribution in [0.25, 0.3) is 21.6 Å². The summed E-state index contributed by atoms with van der Waals surface area (Å²) in [4.78, 5) is 21.5. The summed E-state index contributed by atoms with van der Waals surface area (Å²) in [7, 11) is 0. The standard InChI is InChI=1S/C16H15N3O2S/c1-3-21-15(20)10-5-4-9(2)11(8-10)12-6-7-13-14(18-12)22-16(17)19-13/h4-8H,3H2,1-2H3,(H2,17,19). The highest BCUT2D eigenvalue weighted by Crippen LogP contribution is 2.28. The number of thiazole rings is 1. The molecule has 0 unspecified atom stereocenters. The number of rotatable bonds is 3. The van der Waals surface area contributed by atoms with Crippen molar-refractivity contribution in [3.8, 4) is 11.3 Å². The van der Waals surface area contributed by atoms with Gasteiger partial charge < -0.3 is 10.5 Å². The number of nitrogens with two attached hydrogens (primary N) is 1. The van der Waals surface area contributed by atoms with Gasteiger partial charge in [0.25, 0.3) is 0 Å². The number of hydrogen-bond donors (Lipinski definition) is 1. The maximum Gasteiger partial charge on any atom is 0.338 e. The van der Waals surface area contributed by atoms with Gasteiger partial charge >= 0.3 is 5.97 Å². The second-order valence-corrected chi connectivity index (χ2v) is 5.83. The minimum atomic E-state index is -0.327. The zero-order chi connectivity index (χ0) is 15.7.